The molecular formula is C18H19N5O4S. The molecule has 10 heteroatoms. The minimum atomic E-state index is -3.69. The first-order valence-corrected chi connectivity index (χ1v) is 10.6. The lowest BCUT2D eigenvalue weighted by molar-refractivity contribution is 0.309. The molecule has 5 rings (SSSR count). The summed E-state index contributed by atoms with van der Waals surface area (Å²) in [5.74, 6) is 0.197. The summed E-state index contributed by atoms with van der Waals surface area (Å²) < 4.78 is 32.3. The van der Waals surface area contributed by atoms with Crippen molar-refractivity contribution < 1.29 is 12.8 Å². The predicted molar refractivity (Wildman–Crippen MR) is 102 cm³/mol. The third-order valence-corrected chi connectivity index (χ3v) is 7.48. The van der Waals surface area contributed by atoms with Gasteiger partial charge in [-0.2, -0.15) is 9.40 Å². The first-order chi connectivity index (χ1) is 13.4. The van der Waals surface area contributed by atoms with Crippen molar-refractivity contribution in [3.63, 3.8) is 0 Å². The Hall–Kier alpha value is -2.72. The molecule has 1 aromatic carbocycles. The number of likely N-dealkylation sites (N-methyl/N-ethyl adjacent to an activating group) is 1. The molecule has 3 aromatic rings. The van der Waals surface area contributed by atoms with Gasteiger partial charge in [0.1, 0.15) is 0 Å². The lowest BCUT2D eigenvalue weighted by Crippen LogP contribution is -2.60. The van der Waals surface area contributed by atoms with E-state index >= 15 is 0 Å². The quantitative estimate of drug-likeness (QED) is 0.691. The number of aromatic amines is 1. The lowest BCUT2D eigenvalue weighted by Gasteiger charge is -2.43. The third-order valence-electron chi connectivity index (χ3n) is 5.57. The highest BCUT2D eigenvalue weighted by Crippen LogP contribution is 2.28. The zero-order valence-electron chi connectivity index (χ0n) is 15.3. The number of aryl methyl sites for hydroxylation is 2. The molecule has 2 aliphatic rings. The summed E-state index contributed by atoms with van der Waals surface area (Å²) in [7, 11) is -2.11. The van der Waals surface area contributed by atoms with Gasteiger partial charge in [0.25, 0.3) is 0 Å². The number of hydrogen-bond acceptors (Lipinski definition) is 7. The maximum absolute atomic E-state index is 13.0. The van der Waals surface area contributed by atoms with E-state index in [1.54, 1.807) is 7.05 Å². The van der Waals surface area contributed by atoms with E-state index in [9.17, 15) is 13.2 Å². The minimum absolute atomic E-state index is 0.121. The fourth-order valence-corrected chi connectivity index (χ4v) is 5.16. The second-order valence-corrected chi connectivity index (χ2v) is 9.28. The van der Waals surface area contributed by atoms with Gasteiger partial charge in [0.15, 0.2) is 11.4 Å². The third kappa shape index (κ3) is 2.71. The van der Waals surface area contributed by atoms with Crippen molar-refractivity contribution in [1.82, 2.24) is 19.5 Å². The van der Waals surface area contributed by atoms with Gasteiger partial charge in [-0.25, -0.2) is 13.2 Å². The molecule has 0 unspecified atom stereocenters. The Morgan fingerprint density at radius 3 is 2.86 bits per heavy atom. The van der Waals surface area contributed by atoms with Crippen molar-refractivity contribution >= 4 is 26.9 Å². The number of oxazole rings is 1. The van der Waals surface area contributed by atoms with Crippen LogP contribution in [0.3, 0.4) is 0 Å². The van der Waals surface area contributed by atoms with Crippen LogP contribution >= 0.6 is 0 Å². The molecule has 1 saturated heterocycles. The monoisotopic (exact) mass is 401 g/mol. The van der Waals surface area contributed by atoms with Gasteiger partial charge in [-0.15, -0.1) is 5.10 Å². The van der Waals surface area contributed by atoms with E-state index < -0.39 is 15.8 Å². The molecule has 0 saturated carbocycles. The summed E-state index contributed by atoms with van der Waals surface area (Å²) in [6.07, 6.45) is 3.13. The fraction of sp³-hybridized carbons (Fsp3) is 0.389. The number of H-pyrrole nitrogens is 1. The van der Waals surface area contributed by atoms with Crippen molar-refractivity contribution in [1.29, 1.82) is 0 Å². The van der Waals surface area contributed by atoms with Crippen molar-refractivity contribution in [2.75, 3.05) is 25.0 Å². The van der Waals surface area contributed by atoms with Crippen LogP contribution in [-0.2, 0) is 22.9 Å². The molecule has 0 bridgehead atoms. The van der Waals surface area contributed by atoms with Gasteiger partial charge in [0.2, 0.25) is 10.0 Å². The van der Waals surface area contributed by atoms with Crippen LogP contribution < -0.4 is 10.7 Å². The Morgan fingerprint density at radius 2 is 2.04 bits per heavy atom. The molecule has 0 atom stereocenters. The number of aromatic nitrogens is 3. The molecule has 0 radical (unpaired) electrons. The number of nitrogens with one attached hydrogen (secondary N) is 1. The molecule has 28 heavy (non-hydrogen) atoms. The maximum Gasteiger partial charge on any atom is 0.417 e. The van der Waals surface area contributed by atoms with Gasteiger partial charge in [-0.1, -0.05) is 0 Å². The van der Waals surface area contributed by atoms with Gasteiger partial charge in [-0.3, -0.25) is 4.98 Å². The van der Waals surface area contributed by atoms with E-state index in [0.717, 1.165) is 30.8 Å². The first kappa shape index (κ1) is 17.4. The predicted octanol–water partition coefficient (Wildman–Crippen LogP) is 0.909. The van der Waals surface area contributed by atoms with Crippen LogP contribution in [0.15, 0.2) is 38.4 Å². The Morgan fingerprint density at radius 1 is 1.21 bits per heavy atom. The van der Waals surface area contributed by atoms with Gasteiger partial charge >= 0.3 is 5.76 Å². The van der Waals surface area contributed by atoms with Crippen molar-refractivity contribution in [3.8, 4) is 0 Å². The number of sulfonamides is 1. The second kappa shape index (κ2) is 6.14. The average molecular weight is 401 g/mol. The molecule has 2 aromatic heterocycles. The highest BCUT2D eigenvalue weighted by molar-refractivity contribution is 7.89. The van der Waals surface area contributed by atoms with Gasteiger partial charge in [-0.05, 0) is 49.1 Å². The van der Waals surface area contributed by atoms with Crippen LogP contribution in [0.1, 0.15) is 17.7 Å². The van der Waals surface area contributed by atoms with E-state index in [-0.39, 0.29) is 10.9 Å². The second-order valence-electron chi connectivity index (χ2n) is 7.28. The highest BCUT2D eigenvalue weighted by Gasteiger charge is 2.37. The molecule has 1 aliphatic carbocycles. The van der Waals surface area contributed by atoms with Gasteiger partial charge < -0.3 is 9.32 Å². The molecular weight excluding hydrogens is 382 g/mol. The Balaban J connectivity index is 1.33. The smallest absolute Gasteiger partial charge is 0.408 e. The number of fused-ring (bicyclic) bond motifs is 2. The molecule has 146 valence electrons. The Labute approximate surface area is 161 Å². The Kier molecular flexibility index (Phi) is 3.81. The summed E-state index contributed by atoms with van der Waals surface area (Å²) in [6.45, 7) is 1.13. The largest absolute Gasteiger partial charge is 0.417 e. The van der Waals surface area contributed by atoms with E-state index in [1.165, 1.54) is 28.1 Å². The molecule has 1 aliphatic heterocycles. The fourth-order valence-electron chi connectivity index (χ4n) is 3.80. The van der Waals surface area contributed by atoms with E-state index in [4.69, 9.17) is 4.42 Å². The summed E-state index contributed by atoms with van der Waals surface area (Å²) in [4.78, 5) is 15.9. The van der Waals surface area contributed by atoms with Crippen LogP contribution in [0.5, 0.6) is 0 Å². The zero-order valence-corrected chi connectivity index (χ0v) is 16.1. The lowest BCUT2D eigenvalue weighted by atomic mass is 10.1. The SMILES string of the molecule is CN(C1CN(c2cc3c(nn2)CCC3)C1)S(=O)(=O)c1ccc2oc(=O)[nH]c2c1. The van der Waals surface area contributed by atoms with Crippen LogP contribution in [0.4, 0.5) is 5.82 Å². The van der Waals surface area contributed by atoms with Gasteiger partial charge in [0.05, 0.1) is 22.1 Å². The number of anilines is 1. The molecule has 0 amide bonds. The molecule has 9 nitrogen and oxygen atoms in total. The number of hydrogen-bond donors (Lipinski definition) is 1. The normalized spacial score (nSPS) is 17.3. The average Bonchev–Trinajstić information content (AvgIpc) is 3.24. The summed E-state index contributed by atoms with van der Waals surface area (Å²) >= 11 is 0. The van der Waals surface area contributed by atoms with Crippen molar-refractivity contribution in [2.24, 2.45) is 0 Å². The molecule has 3 heterocycles. The first-order valence-electron chi connectivity index (χ1n) is 9.13. The number of benzene rings is 1. The van der Waals surface area contributed by atoms with Crippen LogP contribution in [0, 0.1) is 0 Å². The van der Waals surface area contributed by atoms with Crippen LogP contribution in [0.2, 0.25) is 0 Å². The van der Waals surface area contributed by atoms with E-state index in [2.05, 4.69) is 21.2 Å². The molecule has 0 spiro atoms. The van der Waals surface area contributed by atoms with E-state index in [0.29, 0.717) is 24.2 Å². The van der Waals surface area contributed by atoms with Crippen molar-refractivity contribution in [3.05, 3.63) is 46.1 Å². The standard InChI is InChI=1S/C18H19N5O4S/c1-22(28(25,26)13-5-6-16-15(8-13)19-18(24)27-16)12-9-23(10-12)17-7-11-3-2-4-14(11)20-21-17/h5-8,12H,2-4,9-10H2,1H3,(H,19,24). The zero-order chi connectivity index (χ0) is 19.5. The Bertz CT molecular complexity index is 1230. The molecule has 1 N–H and O–H groups in total. The van der Waals surface area contributed by atoms with Crippen molar-refractivity contribution in [2.45, 2.75) is 30.2 Å². The number of nitrogens with zero attached hydrogens (tertiary/aromatic N) is 4. The van der Waals surface area contributed by atoms with Gasteiger partial charge in [0, 0.05) is 20.1 Å². The number of rotatable bonds is 4. The maximum atomic E-state index is 13.0. The topological polar surface area (TPSA) is 112 Å². The molecule has 1 fully saturated rings. The summed E-state index contributed by atoms with van der Waals surface area (Å²) in [5.41, 5.74) is 3.02. The highest BCUT2D eigenvalue weighted by atomic mass is 32.2. The summed E-state index contributed by atoms with van der Waals surface area (Å²) in [6, 6.07) is 6.28. The minimum Gasteiger partial charge on any atom is -0.408 e. The summed E-state index contributed by atoms with van der Waals surface area (Å²) in [5, 5.41) is 8.58. The van der Waals surface area contributed by atoms with Crippen LogP contribution in [0.25, 0.3) is 11.1 Å². The van der Waals surface area contributed by atoms with E-state index in [1.807, 2.05) is 4.90 Å². The van der Waals surface area contributed by atoms with Crippen LogP contribution in [-0.4, -0.2) is 54.1 Å².